The average molecular weight is 211 g/mol. The number of benzene rings is 1. The molecule has 1 atom stereocenters. The average Bonchev–Trinajstić information content (AvgIpc) is 2.18. The van der Waals surface area contributed by atoms with Crippen molar-refractivity contribution in [1.82, 2.24) is 0 Å². The first-order valence-corrected chi connectivity index (χ1v) is 4.74. The van der Waals surface area contributed by atoms with Gasteiger partial charge in [0.15, 0.2) is 0 Å². The van der Waals surface area contributed by atoms with Crippen LogP contribution in [0.1, 0.15) is 30.0 Å². The molecule has 0 aromatic heterocycles. The smallest absolute Gasteiger partial charge is 0.303 e. The summed E-state index contributed by atoms with van der Waals surface area (Å²) in [6, 6.07) is 3.95. The van der Waals surface area contributed by atoms with Crippen molar-refractivity contribution in [2.24, 2.45) is 5.73 Å². The second kappa shape index (κ2) is 4.89. The van der Waals surface area contributed by atoms with Crippen molar-refractivity contribution in [3.8, 4) is 0 Å². The van der Waals surface area contributed by atoms with E-state index in [-0.39, 0.29) is 12.2 Å². The summed E-state index contributed by atoms with van der Waals surface area (Å²) in [5, 5.41) is 8.50. The molecule has 0 aliphatic rings. The predicted octanol–water partition coefficient (Wildman–Crippen LogP) is 2.00. The molecule has 0 heterocycles. The molecule has 3 N–H and O–H groups in total. The molecule has 0 aliphatic carbocycles. The standard InChI is InChI=1S/C11H14FNO2/c1-7-2-3-8(12)6-9(7)10(13)4-5-11(14)15/h2-3,6,10H,4-5,13H2,1H3,(H,14,15). The Labute approximate surface area is 87.7 Å². The zero-order chi connectivity index (χ0) is 11.4. The van der Waals surface area contributed by atoms with Gasteiger partial charge in [0.25, 0.3) is 0 Å². The van der Waals surface area contributed by atoms with Crippen molar-refractivity contribution < 1.29 is 14.3 Å². The highest BCUT2D eigenvalue weighted by Crippen LogP contribution is 2.20. The van der Waals surface area contributed by atoms with Crippen LogP contribution >= 0.6 is 0 Å². The highest BCUT2D eigenvalue weighted by Gasteiger charge is 2.11. The third-order valence-electron chi connectivity index (χ3n) is 2.31. The lowest BCUT2D eigenvalue weighted by Gasteiger charge is -2.13. The van der Waals surface area contributed by atoms with Crippen LogP contribution in [0, 0.1) is 12.7 Å². The number of aliphatic carboxylic acids is 1. The highest BCUT2D eigenvalue weighted by molar-refractivity contribution is 5.66. The van der Waals surface area contributed by atoms with E-state index in [1.807, 2.05) is 6.92 Å². The van der Waals surface area contributed by atoms with Crippen LogP contribution in [-0.4, -0.2) is 11.1 Å². The van der Waals surface area contributed by atoms with Crippen LogP contribution in [0.4, 0.5) is 4.39 Å². The molecule has 15 heavy (non-hydrogen) atoms. The number of nitrogens with two attached hydrogens (primary N) is 1. The number of aryl methyl sites for hydroxylation is 1. The first-order chi connectivity index (χ1) is 7.00. The van der Waals surface area contributed by atoms with E-state index in [4.69, 9.17) is 10.8 Å². The van der Waals surface area contributed by atoms with Crippen molar-refractivity contribution in [2.45, 2.75) is 25.8 Å². The van der Waals surface area contributed by atoms with Gasteiger partial charge in [-0.25, -0.2) is 4.39 Å². The SMILES string of the molecule is Cc1ccc(F)cc1C(N)CCC(=O)O. The van der Waals surface area contributed by atoms with Gasteiger partial charge in [-0.15, -0.1) is 0 Å². The number of hydrogen-bond acceptors (Lipinski definition) is 2. The molecule has 1 rings (SSSR count). The van der Waals surface area contributed by atoms with Gasteiger partial charge in [0.05, 0.1) is 0 Å². The Morgan fingerprint density at radius 2 is 2.27 bits per heavy atom. The topological polar surface area (TPSA) is 63.3 Å². The number of carbonyl (C=O) groups is 1. The molecular weight excluding hydrogens is 197 g/mol. The third-order valence-corrected chi connectivity index (χ3v) is 2.31. The third kappa shape index (κ3) is 3.32. The maximum Gasteiger partial charge on any atom is 0.303 e. The fourth-order valence-electron chi connectivity index (χ4n) is 1.45. The first kappa shape index (κ1) is 11.7. The lowest BCUT2D eigenvalue weighted by Crippen LogP contribution is -2.13. The van der Waals surface area contributed by atoms with E-state index in [0.29, 0.717) is 12.0 Å². The van der Waals surface area contributed by atoms with Crippen LogP contribution in [0.2, 0.25) is 0 Å². The van der Waals surface area contributed by atoms with Crippen molar-refractivity contribution in [3.05, 3.63) is 35.1 Å². The van der Waals surface area contributed by atoms with Crippen LogP contribution in [0.25, 0.3) is 0 Å². The molecule has 0 saturated carbocycles. The molecule has 1 aromatic rings. The normalized spacial score (nSPS) is 12.5. The molecular formula is C11H14FNO2. The molecule has 0 fully saturated rings. The highest BCUT2D eigenvalue weighted by atomic mass is 19.1. The van der Waals surface area contributed by atoms with Crippen LogP contribution < -0.4 is 5.73 Å². The van der Waals surface area contributed by atoms with E-state index in [0.717, 1.165) is 5.56 Å². The summed E-state index contributed by atoms with van der Waals surface area (Å²) in [6.07, 6.45) is 0.316. The second-order valence-electron chi connectivity index (χ2n) is 3.54. The zero-order valence-electron chi connectivity index (χ0n) is 8.53. The Kier molecular flexibility index (Phi) is 3.80. The van der Waals surface area contributed by atoms with Crippen LogP contribution in [0.3, 0.4) is 0 Å². The zero-order valence-corrected chi connectivity index (χ0v) is 8.53. The monoisotopic (exact) mass is 211 g/mol. The molecule has 0 bridgehead atoms. The molecule has 1 unspecified atom stereocenters. The summed E-state index contributed by atoms with van der Waals surface area (Å²) in [5.41, 5.74) is 7.34. The van der Waals surface area contributed by atoms with Crippen LogP contribution in [0.15, 0.2) is 18.2 Å². The van der Waals surface area contributed by atoms with Crippen LogP contribution in [-0.2, 0) is 4.79 Å². The Morgan fingerprint density at radius 3 is 2.87 bits per heavy atom. The van der Waals surface area contributed by atoms with E-state index in [2.05, 4.69) is 0 Å². The van der Waals surface area contributed by atoms with Crippen molar-refractivity contribution in [2.75, 3.05) is 0 Å². The number of carboxylic acid groups (broad SMARTS) is 1. The molecule has 0 aliphatic heterocycles. The van der Waals surface area contributed by atoms with Gasteiger partial charge in [-0.1, -0.05) is 6.07 Å². The van der Waals surface area contributed by atoms with Crippen molar-refractivity contribution >= 4 is 5.97 Å². The number of carboxylic acids is 1. The number of rotatable bonds is 4. The molecule has 0 radical (unpaired) electrons. The minimum atomic E-state index is -0.889. The van der Waals surface area contributed by atoms with Gasteiger partial charge in [-0.05, 0) is 36.6 Å². The lowest BCUT2D eigenvalue weighted by atomic mass is 9.98. The first-order valence-electron chi connectivity index (χ1n) is 4.74. The predicted molar refractivity (Wildman–Crippen MR) is 54.9 cm³/mol. The molecule has 0 spiro atoms. The fraction of sp³-hybridized carbons (Fsp3) is 0.364. The van der Waals surface area contributed by atoms with Crippen molar-refractivity contribution in [3.63, 3.8) is 0 Å². The van der Waals surface area contributed by atoms with Gasteiger partial charge in [-0.3, -0.25) is 4.79 Å². The maximum atomic E-state index is 12.9. The molecule has 0 amide bonds. The maximum absolute atomic E-state index is 12.9. The number of hydrogen-bond donors (Lipinski definition) is 2. The summed E-state index contributed by atoms with van der Waals surface area (Å²) in [6.45, 7) is 1.83. The molecule has 0 saturated heterocycles. The lowest BCUT2D eigenvalue weighted by molar-refractivity contribution is -0.137. The quantitative estimate of drug-likeness (QED) is 0.800. The number of halogens is 1. The van der Waals surface area contributed by atoms with E-state index >= 15 is 0 Å². The van der Waals surface area contributed by atoms with E-state index in [1.165, 1.54) is 12.1 Å². The van der Waals surface area contributed by atoms with E-state index in [1.54, 1.807) is 6.07 Å². The van der Waals surface area contributed by atoms with E-state index < -0.39 is 12.0 Å². The largest absolute Gasteiger partial charge is 0.481 e. The van der Waals surface area contributed by atoms with Gasteiger partial charge in [0.1, 0.15) is 5.82 Å². The Hall–Kier alpha value is -1.42. The van der Waals surface area contributed by atoms with E-state index in [9.17, 15) is 9.18 Å². The molecule has 4 heteroatoms. The van der Waals surface area contributed by atoms with Gasteiger partial charge >= 0.3 is 5.97 Å². The minimum Gasteiger partial charge on any atom is -0.481 e. The van der Waals surface area contributed by atoms with Gasteiger partial charge in [0.2, 0.25) is 0 Å². The van der Waals surface area contributed by atoms with Gasteiger partial charge in [0, 0.05) is 12.5 Å². The second-order valence-corrected chi connectivity index (χ2v) is 3.54. The summed E-state index contributed by atoms with van der Waals surface area (Å²) in [7, 11) is 0. The molecule has 1 aromatic carbocycles. The fourth-order valence-corrected chi connectivity index (χ4v) is 1.45. The van der Waals surface area contributed by atoms with Crippen LogP contribution in [0.5, 0.6) is 0 Å². The molecule has 82 valence electrons. The van der Waals surface area contributed by atoms with Gasteiger partial charge in [-0.2, -0.15) is 0 Å². The Morgan fingerprint density at radius 1 is 1.60 bits per heavy atom. The Bertz CT molecular complexity index is 366. The summed E-state index contributed by atoms with van der Waals surface area (Å²) < 4.78 is 12.9. The molecule has 3 nitrogen and oxygen atoms in total. The summed E-state index contributed by atoms with van der Waals surface area (Å²) in [5.74, 6) is -1.24. The Balaban J connectivity index is 2.76. The summed E-state index contributed by atoms with van der Waals surface area (Å²) >= 11 is 0. The van der Waals surface area contributed by atoms with Gasteiger partial charge < -0.3 is 10.8 Å². The minimum absolute atomic E-state index is 0.00286. The van der Waals surface area contributed by atoms with Crippen molar-refractivity contribution in [1.29, 1.82) is 0 Å². The summed E-state index contributed by atoms with van der Waals surface area (Å²) in [4.78, 5) is 10.4.